The van der Waals surface area contributed by atoms with E-state index in [1.807, 2.05) is 12.1 Å². The standard InChI is InChI=1S/C18H27N3O3/c1-23-17-4-2-3-16(11-17)21-6-5-15(13-21)12-19-18(22)14-20-7-9-24-10-8-20/h2-4,11,15H,5-10,12-14H2,1H3,(H,19,22). The maximum Gasteiger partial charge on any atom is 0.234 e. The predicted molar refractivity (Wildman–Crippen MR) is 93.6 cm³/mol. The Labute approximate surface area is 143 Å². The first-order valence-corrected chi connectivity index (χ1v) is 8.70. The molecule has 0 radical (unpaired) electrons. The summed E-state index contributed by atoms with van der Waals surface area (Å²) in [6, 6.07) is 8.16. The number of carbonyl (C=O) groups excluding carboxylic acids is 1. The van der Waals surface area contributed by atoms with E-state index in [4.69, 9.17) is 9.47 Å². The molecule has 1 aromatic carbocycles. The number of rotatable bonds is 6. The van der Waals surface area contributed by atoms with Crippen LogP contribution in [0, 0.1) is 5.92 Å². The maximum atomic E-state index is 12.1. The van der Waals surface area contributed by atoms with Crippen molar-refractivity contribution in [1.29, 1.82) is 0 Å². The van der Waals surface area contributed by atoms with Crippen LogP contribution in [0.4, 0.5) is 5.69 Å². The molecule has 6 heteroatoms. The molecule has 1 N–H and O–H groups in total. The van der Waals surface area contributed by atoms with Gasteiger partial charge in [0.1, 0.15) is 5.75 Å². The number of anilines is 1. The van der Waals surface area contributed by atoms with Gasteiger partial charge in [-0.15, -0.1) is 0 Å². The predicted octanol–water partition coefficient (Wildman–Crippen LogP) is 0.970. The van der Waals surface area contributed by atoms with E-state index in [9.17, 15) is 4.79 Å². The third-order valence-corrected chi connectivity index (χ3v) is 4.76. The fraction of sp³-hybridized carbons (Fsp3) is 0.611. The Balaban J connectivity index is 1.41. The van der Waals surface area contributed by atoms with Gasteiger partial charge in [0.15, 0.2) is 0 Å². The molecule has 0 spiro atoms. The van der Waals surface area contributed by atoms with Crippen LogP contribution in [-0.4, -0.2) is 70.4 Å². The zero-order chi connectivity index (χ0) is 16.8. The molecule has 6 nitrogen and oxygen atoms in total. The van der Waals surface area contributed by atoms with Crippen LogP contribution in [0.1, 0.15) is 6.42 Å². The van der Waals surface area contributed by atoms with Crippen LogP contribution >= 0.6 is 0 Å². The molecule has 0 aromatic heterocycles. The first kappa shape index (κ1) is 17.0. The van der Waals surface area contributed by atoms with E-state index in [1.54, 1.807) is 7.11 Å². The Morgan fingerprint density at radius 2 is 2.17 bits per heavy atom. The lowest BCUT2D eigenvalue weighted by molar-refractivity contribution is -0.123. The SMILES string of the molecule is COc1cccc(N2CCC(CNC(=O)CN3CCOCC3)C2)c1. The van der Waals surface area contributed by atoms with Crippen molar-refractivity contribution >= 4 is 11.6 Å². The zero-order valence-corrected chi connectivity index (χ0v) is 14.4. The molecular formula is C18H27N3O3. The summed E-state index contributed by atoms with van der Waals surface area (Å²) in [5, 5.41) is 3.09. The number of amides is 1. The van der Waals surface area contributed by atoms with Gasteiger partial charge in [0, 0.05) is 44.5 Å². The Kier molecular flexibility index (Phi) is 5.93. The van der Waals surface area contributed by atoms with Gasteiger partial charge in [0.25, 0.3) is 0 Å². The molecule has 2 heterocycles. The second-order valence-electron chi connectivity index (χ2n) is 6.49. The summed E-state index contributed by atoms with van der Waals surface area (Å²) in [4.78, 5) is 16.6. The third-order valence-electron chi connectivity index (χ3n) is 4.76. The van der Waals surface area contributed by atoms with Crippen molar-refractivity contribution in [2.75, 3.05) is 64.5 Å². The molecule has 0 aliphatic carbocycles. The molecule has 0 saturated carbocycles. The number of methoxy groups -OCH3 is 1. The number of hydrogen-bond acceptors (Lipinski definition) is 5. The number of carbonyl (C=O) groups is 1. The van der Waals surface area contributed by atoms with Gasteiger partial charge in [-0.1, -0.05) is 6.07 Å². The van der Waals surface area contributed by atoms with Gasteiger partial charge >= 0.3 is 0 Å². The smallest absolute Gasteiger partial charge is 0.234 e. The molecule has 2 fully saturated rings. The molecule has 1 aromatic rings. The van der Waals surface area contributed by atoms with E-state index in [0.29, 0.717) is 12.5 Å². The number of ether oxygens (including phenoxy) is 2. The average Bonchev–Trinajstić information content (AvgIpc) is 3.10. The minimum Gasteiger partial charge on any atom is -0.497 e. The molecule has 0 bridgehead atoms. The molecule has 24 heavy (non-hydrogen) atoms. The second-order valence-corrected chi connectivity index (χ2v) is 6.49. The highest BCUT2D eigenvalue weighted by Gasteiger charge is 2.23. The van der Waals surface area contributed by atoms with Crippen molar-refractivity contribution in [3.05, 3.63) is 24.3 Å². The molecule has 1 amide bonds. The molecule has 2 aliphatic rings. The van der Waals surface area contributed by atoms with Crippen LogP contribution in [0.5, 0.6) is 5.75 Å². The number of nitrogens with zero attached hydrogens (tertiary/aromatic N) is 2. The molecular weight excluding hydrogens is 306 g/mol. The van der Waals surface area contributed by atoms with Crippen LogP contribution in [0.15, 0.2) is 24.3 Å². The summed E-state index contributed by atoms with van der Waals surface area (Å²) in [5.74, 6) is 1.51. The Morgan fingerprint density at radius 1 is 1.33 bits per heavy atom. The minimum atomic E-state index is 0.122. The van der Waals surface area contributed by atoms with Crippen LogP contribution in [0.3, 0.4) is 0 Å². The summed E-state index contributed by atoms with van der Waals surface area (Å²) in [7, 11) is 1.69. The molecule has 3 rings (SSSR count). The van der Waals surface area contributed by atoms with Gasteiger partial charge in [0.2, 0.25) is 5.91 Å². The van der Waals surface area contributed by atoms with Gasteiger partial charge in [-0.3, -0.25) is 9.69 Å². The molecule has 1 unspecified atom stereocenters. The number of morpholine rings is 1. The van der Waals surface area contributed by atoms with Gasteiger partial charge in [-0.2, -0.15) is 0 Å². The van der Waals surface area contributed by atoms with Gasteiger partial charge < -0.3 is 19.7 Å². The summed E-state index contributed by atoms with van der Waals surface area (Å²) in [6.07, 6.45) is 1.11. The van der Waals surface area contributed by atoms with Crippen LogP contribution in [0.2, 0.25) is 0 Å². The third kappa shape index (κ3) is 4.61. The van der Waals surface area contributed by atoms with Crippen LogP contribution in [0.25, 0.3) is 0 Å². The maximum absolute atomic E-state index is 12.1. The zero-order valence-electron chi connectivity index (χ0n) is 14.4. The Morgan fingerprint density at radius 3 is 2.96 bits per heavy atom. The van der Waals surface area contributed by atoms with Crippen molar-refractivity contribution in [1.82, 2.24) is 10.2 Å². The second kappa shape index (κ2) is 8.35. The molecule has 1 atom stereocenters. The fourth-order valence-corrected chi connectivity index (χ4v) is 3.32. The molecule has 2 aliphatic heterocycles. The highest BCUT2D eigenvalue weighted by atomic mass is 16.5. The lowest BCUT2D eigenvalue weighted by Crippen LogP contribution is -2.44. The van der Waals surface area contributed by atoms with E-state index < -0.39 is 0 Å². The fourth-order valence-electron chi connectivity index (χ4n) is 3.32. The van der Waals surface area contributed by atoms with Crippen LogP contribution < -0.4 is 15.0 Å². The van der Waals surface area contributed by atoms with Crippen molar-refractivity contribution in [2.45, 2.75) is 6.42 Å². The average molecular weight is 333 g/mol. The molecule has 2 saturated heterocycles. The topological polar surface area (TPSA) is 54.0 Å². The summed E-state index contributed by atoms with van der Waals surface area (Å²) in [6.45, 7) is 6.39. The van der Waals surface area contributed by atoms with E-state index in [2.05, 4.69) is 27.2 Å². The van der Waals surface area contributed by atoms with Gasteiger partial charge in [0.05, 0.1) is 26.9 Å². The highest BCUT2D eigenvalue weighted by Crippen LogP contribution is 2.26. The lowest BCUT2D eigenvalue weighted by atomic mass is 10.1. The number of hydrogen-bond donors (Lipinski definition) is 1. The van der Waals surface area contributed by atoms with Gasteiger partial charge in [-0.05, 0) is 24.5 Å². The minimum absolute atomic E-state index is 0.122. The van der Waals surface area contributed by atoms with E-state index in [-0.39, 0.29) is 5.91 Å². The number of nitrogens with one attached hydrogen (secondary N) is 1. The Bertz CT molecular complexity index is 546. The number of benzene rings is 1. The van der Waals surface area contributed by atoms with Crippen molar-refractivity contribution in [3.8, 4) is 5.75 Å². The largest absolute Gasteiger partial charge is 0.497 e. The van der Waals surface area contributed by atoms with Crippen LogP contribution in [-0.2, 0) is 9.53 Å². The van der Waals surface area contributed by atoms with E-state index in [1.165, 1.54) is 5.69 Å². The summed E-state index contributed by atoms with van der Waals surface area (Å²) in [5.41, 5.74) is 1.19. The normalized spacial score (nSPS) is 21.7. The monoisotopic (exact) mass is 333 g/mol. The van der Waals surface area contributed by atoms with Crippen molar-refractivity contribution in [2.24, 2.45) is 5.92 Å². The summed E-state index contributed by atoms with van der Waals surface area (Å²) >= 11 is 0. The lowest BCUT2D eigenvalue weighted by Gasteiger charge is -2.26. The van der Waals surface area contributed by atoms with E-state index in [0.717, 1.165) is 58.1 Å². The first-order valence-electron chi connectivity index (χ1n) is 8.70. The van der Waals surface area contributed by atoms with Crippen molar-refractivity contribution < 1.29 is 14.3 Å². The Hall–Kier alpha value is -1.79. The summed E-state index contributed by atoms with van der Waals surface area (Å²) < 4.78 is 10.6. The van der Waals surface area contributed by atoms with Gasteiger partial charge in [-0.25, -0.2) is 0 Å². The van der Waals surface area contributed by atoms with Crippen molar-refractivity contribution in [3.63, 3.8) is 0 Å². The quantitative estimate of drug-likeness (QED) is 0.841. The molecule has 132 valence electrons. The highest BCUT2D eigenvalue weighted by molar-refractivity contribution is 5.78. The van der Waals surface area contributed by atoms with E-state index >= 15 is 0 Å². The first-order chi connectivity index (χ1) is 11.7.